The van der Waals surface area contributed by atoms with Crippen molar-refractivity contribution in [2.45, 2.75) is 40.0 Å². The molecule has 0 amide bonds. The van der Waals surface area contributed by atoms with Gasteiger partial charge < -0.3 is 0 Å². The Morgan fingerprint density at radius 3 is 2.12 bits per heavy atom. The van der Waals surface area contributed by atoms with Crippen molar-refractivity contribution < 1.29 is 0 Å². The lowest BCUT2D eigenvalue weighted by atomic mass is 9.99. The summed E-state index contributed by atoms with van der Waals surface area (Å²) in [6.45, 7) is 6.53. The highest BCUT2D eigenvalue weighted by Gasteiger charge is 2.01. The topological polar surface area (TPSA) is 12.4 Å². The maximum Gasteiger partial charge on any atom is 0.0345 e. The van der Waals surface area contributed by atoms with E-state index in [0.29, 0.717) is 0 Å². The molecule has 1 aromatic rings. The standard InChI is InChI=1S/C16H23N/c1-5-13-8-10-15(11-9-13)14(6-2)12-16(7-3)17-4/h8-12H,5-7H2,1-4H3/b14-12+,17-16?. The van der Waals surface area contributed by atoms with E-state index in [9.17, 15) is 0 Å². The molecule has 0 aliphatic heterocycles. The number of benzene rings is 1. The molecular formula is C16H23N. The lowest BCUT2D eigenvalue weighted by Crippen LogP contribution is -1.94. The molecule has 0 aromatic heterocycles. The van der Waals surface area contributed by atoms with Gasteiger partial charge in [0, 0.05) is 12.8 Å². The molecule has 92 valence electrons. The van der Waals surface area contributed by atoms with E-state index in [1.165, 1.54) is 22.4 Å². The second-order valence-electron chi connectivity index (χ2n) is 4.14. The predicted octanol–water partition coefficient (Wildman–Crippen LogP) is 4.52. The third-order valence-electron chi connectivity index (χ3n) is 3.10. The first-order valence-corrected chi connectivity index (χ1v) is 6.50. The van der Waals surface area contributed by atoms with E-state index in [4.69, 9.17) is 0 Å². The average molecular weight is 229 g/mol. The van der Waals surface area contributed by atoms with Crippen LogP contribution in [0.2, 0.25) is 0 Å². The zero-order valence-corrected chi connectivity index (χ0v) is 11.5. The van der Waals surface area contributed by atoms with E-state index in [1.54, 1.807) is 0 Å². The predicted molar refractivity (Wildman–Crippen MR) is 77.7 cm³/mol. The van der Waals surface area contributed by atoms with Gasteiger partial charge in [-0.1, -0.05) is 45.0 Å². The number of allylic oxidation sites excluding steroid dienone is 2. The Morgan fingerprint density at radius 2 is 1.71 bits per heavy atom. The van der Waals surface area contributed by atoms with Crippen molar-refractivity contribution in [1.29, 1.82) is 0 Å². The maximum absolute atomic E-state index is 4.29. The molecule has 0 aliphatic rings. The Kier molecular flexibility index (Phi) is 5.68. The average Bonchev–Trinajstić information content (AvgIpc) is 2.40. The Labute approximate surface area is 105 Å². The maximum atomic E-state index is 4.29. The zero-order chi connectivity index (χ0) is 12.7. The van der Waals surface area contributed by atoms with Crippen molar-refractivity contribution in [3.05, 3.63) is 41.5 Å². The van der Waals surface area contributed by atoms with E-state index < -0.39 is 0 Å². The van der Waals surface area contributed by atoms with Crippen molar-refractivity contribution in [3.63, 3.8) is 0 Å². The lowest BCUT2D eigenvalue weighted by Gasteiger charge is -2.07. The summed E-state index contributed by atoms with van der Waals surface area (Å²) in [4.78, 5) is 4.29. The van der Waals surface area contributed by atoms with Crippen LogP contribution >= 0.6 is 0 Å². The molecule has 0 saturated heterocycles. The summed E-state index contributed by atoms with van der Waals surface area (Å²) < 4.78 is 0. The van der Waals surface area contributed by atoms with Gasteiger partial charge in [-0.3, -0.25) is 4.99 Å². The molecule has 0 heterocycles. The van der Waals surface area contributed by atoms with Crippen LogP contribution in [0.5, 0.6) is 0 Å². The summed E-state index contributed by atoms with van der Waals surface area (Å²) in [6, 6.07) is 8.87. The van der Waals surface area contributed by atoms with E-state index in [0.717, 1.165) is 19.3 Å². The summed E-state index contributed by atoms with van der Waals surface area (Å²) in [5.74, 6) is 0. The van der Waals surface area contributed by atoms with Crippen molar-refractivity contribution in [2.75, 3.05) is 7.05 Å². The number of hydrogen-bond acceptors (Lipinski definition) is 1. The Hall–Kier alpha value is -1.37. The number of nitrogens with zero attached hydrogens (tertiary/aromatic N) is 1. The minimum atomic E-state index is 0.993. The second-order valence-corrected chi connectivity index (χ2v) is 4.14. The molecular weight excluding hydrogens is 206 g/mol. The van der Waals surface area contributed by atoms with Gasteiger partial charge in [-0.15, -0.1) is 0 Å². The van der Waals surface area contributed by atoms with Crippen LogP contribution in [-0.4, -0.2) is 12.8 Å². The molecule has 0 N–H and O–H groups in total. The highest BCUT2D eigenvalue weighted by atomic mass is 14.7. The first-order valence-electron chi connectivity index (χ1n) is 6.50. The normalized spacial score (nSPS) is 12.9. The molecule has 1 heteroatoms. The second kappa shape index (κ2) is 7.05. The zero-order valence-electron chi connectivity index (χ0n) is 11.5. The smallest absolute Gasteiger partial charge is 0.0345 e. The summed E-state index contributed by atoms with van der Waals surface area (Å²) in [6.07, 6.45) is 5.36. The Balaban J connectivity index is 3.00. The van der Waals surface area contributed by atoms with Crippen LogP contribution < -0.4 is 0 Å². The fourth-order valence-electron chi connectivity index (χ4n) is 1.87. The molecule has 0 radical (unpaired) electrons. The van der Waals surface area contributed by atoms with Crippen LogP contribution in [0.25, 0.3) is 5.57 Å². The van der Waals surface area contributed by atoms with Crippen molar-refractivity contribution in [1.82, 2.24) is 0 Å². The highest BCUT2D eigenvalue weighted by molar-refractivity contribution is 6.00. The van der Waals surface area contributed by atoms with Gasteiger partial charge in [-0.2, -0.15) is 0 Å². The van der Waals surface area contributed by atoms with Crippen LogP contribution in [0.15, 0.2) is 35.3 Å². The number of hydrogen-bond donors (Lipinski definition) is 0. The van der Waals surface area contributed by atoms with Gasteiger partial charge in [0.05, 0.1) is 0 Å². The van der Waals surface area contributed by atoms with Gasteiger partial charge in [0.1, 0.15) is 0 Å². The summed E-state index contributed by atoms with van der Waals surface area (Å²) in [5, 5.41) is 0. The molecule has 0 unspecified atom stereocenters. The third-order valence-corrected chi connectivity index (χ3v) is 3.10. The third kappa shape index (κ3) is 3.85. The fourth-order valence-corrected chi connectivity index (χ4v) is 1.87. The van der Waals surface area contributed by atoms with Gasteiger partial charge in [0.15, 0.2) is 0 Å². The molecule has 17 heavy (non-hydrogen) atoms. The van der Waals surface area contributed by atoms with Crippen LogP contribution in [0.4, 0.5) is 0 Å². The Bertz CT molecular complexity index is 396. The van der Waals surface area contributed by atoms with Gasteiger partial charge in [-0.25, -0.2) is 0 Å². The molecule has 1 aromatic carbocycles. The number of rotatable bonds is 5. The molecule has 0 bridgehead atoms. The number of aryl methyl sites for hydroxylation is 1. The fraction of sp³-hybridized carbons (Fsp3) is 0.438. The van der Waals surface area contributed by atoms with Gasteiger partial charge in [0.2, 0.25) is 0 Å². The summed E-state index contributed by atoms with van der Waals surface area (Å²) in [7, 11) is 1.86. The first-order chi connectivity index (χ1) is 8.24. The minimum absolute atomic E-state index is 0.993. The molecule has 0 atom stereocenters. The molecule has 0 spiro atoms. The van der Waals surface area contributed by atoms with E-state index in [1.807, 2.05) is 7.05 Å². The van der Waals surface area contributed by atoms with E-state index in [-0.39, 0.29) is 0 Å². The molecule has 1 rings (SSSR count). The van der Waals surface area contributed by atoms with Crippen molar-refractivity contribution in [2.24, 2.45) is 4.99 Å². The van der Waals surface area contributed by atoms with Gasteiger partial charge in [0.25, 0.3) is 0 Å². The molecule has 1 nitrogen and oxygen atoms in total. The molecule has 0 saturated carbocycles. The molecule has 0 aliphatic carbocycles. The Morgan fingerprint density at radius 1 is 1.06 bits per heavy atom. The van der Waals surface area contributed by atoms with E-state index >= 15 is 0 Å². The largest absolute Gasteiger partial charge is 0.293 e. The highest BCUT2D eigenvalue weighted by Crippen LogP contribution is 2.19. The van der Waals surface area contributed by atoms with Crippen LogP contribution in [0, 0.1) is 0 Å². The monoisotopic (exact) mass is 229 g/mol. The van der Waals surface area contributed by atoms with Crippen molar-refractivity contribution >= 4 is 11.3 Å². The van der Waals surface area contributed by atoms with E-state index in [2.05, 4.69) is 56.1 Å². The van der Waals surface area contributed by atoms with Crippen LogP contribution in [0.1, 0.15) is 44.7 Å². The lowest BCUT2D eigenvalue weighted by molar-refractivity contribution is 1.14. The minimum Gasteiger partial charge on any atom is -0.293 e. The van der Waals surface area contributed by atoms with Gasteiger partial charge >= 0.3 is 0 Å². The van der Waals surface area contributed by atoms with Gasteiger partial charge in [-0.05, 0) is 42.0 Å². The first kappa shape index (κ1) is 13.7. The van der Waals surface area contributed by atoms with Crippen LogP contribution in [0.3, 0.4) is 0 Å². The van der Waals surface area contributed by atoms with Crippen LogP contribution in [-0.2, 0) is 6.42 Å². The summed E-state index contributed by atoms with van der Waals surface area (Å²) in [5.41, 5.74) is 5.25. The molecule has 0 fully saturated rings. The SMILES string of the molecule is CCC(/C=C(\CC)c1ccc(CC)cc1)=NC. The number of aliphatic imine (C=N–C) groups is 1. The summed E-state index contributed by atoms with van der Waals surface area (Å²) >= 11 is 0. The van der Waals surface area contributed by atoms with Crippen molar-refractivity contribution in [3.8, 4) is 0 Å². The quantitative estimate of drug-likeness (QED) is 0.658.